The van der Waals surface area contributed by atoms with Crippen molar-refractivity contribution < 1.29 is 9.53 Å². The van der Waals surface area contributed by atoms with Crippen molar-refractivity contribution in [2.75, 3.05) is 32.8 Å². The summed E-state index contributed by atoms with van der Waals surface area (Å²) in [5.41, 5.74) is 2.63. The minimum absolute atomic E-state index is 0.170. The van der Waals surface area contributed by atoms with Gasteiger partial charge in [-0.2, -0.15) is 0 Å². The van der Waals surface area contributed by atoms with Gasteiger partial charge in [0.25, 0.3) is 0 Å². The Hall–Kier alpha value is -1.82. The van der Waals surface area contributed by atoms with Crippen LogP contribution in [-0.4, -0.2) is 53.7 Å². The number of carbonyl (C=O) groups is 1. The first-order valence-electron chi connectivity index (χ1n) is 9.63. The monoisotopic (exact) mass is 373 g/mol. The highest BCUT2D eigenvalue weighted by molar-refractivity contribution is 7.11. The fourth-order valence-corrected chi connectivity index (χ4v) is 4.89. The van der Waals surface area contributed by atoms with Crippen LogP contribution in [0, 0.1) is 5.92 Å². The lowest BCUT2D eigenvalue weighted by Crippen LogP contribution is -2.30. The van der Waals surface area contributed by atoms with Gasteiger partial charge in [0.2, 0.25) is 0 Å². The summed E-state index contributed by atoms with van der Waals surface area (Å²) in [4.78, 5) is 22.9. The third-order valence-corrected chi connectivity index (χ3v) is 6.58. The van der Waals surface area contributed by atoms with Crippen molar-refractivity contribution >= 4 is 17.4 Å². The lowest BCUT2D eigenvalue weighted by Gasteiger charge is -2.26. The zero-order valence-corrected chi connectivity index (χ0v) is 16.4. The number of ether oxygens (including phenoxy) is 1. The summed E-state index contributed by atoms with van der Waals surface area (Å²) in [6, 6.07) is 0. The standard InChI is InChI=1S/C20H27N3O2S/c1-14(2)13-25-20(24)23-9-6-15(12-23)19-21-17-7-10-22(16-4-3-5-16)11-8-18(17)26-19/h3-5,14-15H,6-13H2,1-2H3. The fourth-order valence-electron chi connectivity index (χ4n) is 3.67. The van der Waals surface area contributed by atoms with E-state index in [0.29, 0.717) is 18.4 Å². The average Bonchev–Trinajstić information content (AvgIpc) is 3.16. The molecule has 1 amide bonds. The van der Waals surface area contributed by atoms with Crippen LogP contribution in [0.25, 0.3) is 0 Å². The SMILES string of the molecule is CC(C)COC(=O)N1CCC(c2nc3c(s2)CCN(C2=CC=C2)CC3)C1. The highest BCUT2D eigenvalue weighted by Gasteiger charge is 2.31. The van der Waals surface area contributed by atoms with E-state index in [4.69, 9.17) is 9.72 Å². The quantitative estimate of drug-likeness (QED) is 0.809. The van der Waals surface area contributed by atoms with Crippen LogP contribution < -0.4 is 0 Å². The van der Waals surface area contributed by atoms with Crippen LogP contribution in [0.2, 0.25) is 0 Å². The highest BCUT2D eigenvalue weighted by atomic mass is 32.1. The van der Waals surface area contributed by atoms with Gasteiger partial charge in [-0.25, -0.2) is 9.78 Å². The van der Waals surface area contributed by atoms with E-state index >= 15 is 0 Å². The molecule has 1 aromatic rings. The van der Waals surface area contributed by atoms with E-state index < -0.39 is 0 Å². The number of hydrogen-bond donors (Lipinski definition) is 0. The molecule has 1 aromatic heterocycles. The molecule has 1 atom stereocenters. The van der Waals surface area contributed by atoms with Crippen LogP contribution in [0.5, 0.6) is 0 Å². The Morgan fingerprint density at radius 2 is 2.15 bits per heavy atom. The smallest absolute Gasteiger partial charge is 0.409 e. The number of thiazole rings is 1. The maximum Gasteiger partial charge on any atom is 0.409 e. The summed E-state index contributed by atoms with van der Waals surface area (Å²) < 4.78 is 5.37. The summed E-state index contributed by atoms with van der Waals surface area (Å²) >= 11 is 1.86. The Morgan fingerprint density at radius 1 is 1.35 bits per heavy atom. The molecule has 0 spiro atoms. The van der Waals surface area contributed by atoms with Crippen LogP contribution in [0.15, 0.2) is 23.9 Å². The van der Waals surface area contributed by atoms with Crippen molar-refractivity contribution in [3.8, 4) is 0 Å². The summed E-state index contributed by atoms with van der Waals surface area (Å²) in [6.07, 6.45) is 9.39. The van der Waals surface area contributed by atoms with Crippen molar-refractivity contribution in [2.24, 2.45) is 5.92 Å². The lowest BCUT2D eigenvalue weighted by molar-refractivity contribution is 0.0991. The lowest BCUT2D eigenvalue weighted by atomic mass is 10.1. The Balaban J connectivity index is 1.35. The van der Waals surface area contributed by atoms with Gasteiger partial charge in [0.05, 0.1) is 17.3 Å². The van der Waals surface area contributed by atoms with E-state index in [1.54, 1.807) is 0 Å². The topological polar surface area (TPSA) is 45.7 Å². The first-order chi connectivity index (χ1) is 12.6. The van der Waals surface area contributed by atoms with Crippen molar-refractivity contribution in [1.82, 2.24) is 14.8 Å². The van der Waals surface area contributed by atoms with Gasteiger partial charge in [-0.15, -0.1) is 11.3 Å². The second-order valence-electron chi connectivity index (χ2n) is 7.76. The number of fused-ring (bicyclic) bond motifs is 1. The molecule has 0 bridgehead atoms. The number of nitrogens with zero attached hydrogens (tertiary/aromatic N) is 3. The molecule has 1 unspecified atom stereocenters. The zero-order valence-electron chi connectivity index (χ0n) is 15.6. The molecule has 3 heterocycles. The van der Waals surface area contributed by atoms with Crippen LogP contribution in [-0.2, 0) is 17.6 Å². The van der Waals surface area contributed by atoms with Crippen LogP contribution in [0.3, 0.4) is 0 Å². The number of hydrogen-bond acceptors (Lipinski definition) is 5. The van der Waals surface area contributed by atoms with E-state index in [2.05, 4.69) is 37.0 Å². The van der Waals surface area contributed by atoms with E-state index in [9.17, 15) is 4.79 Å². The molecule has 26 heavy (non-hydrogen) atoms. The predicted molar refractivity (Wildman–Crippen MR) is 103 cm³/mol. The molecule has 1 fully saturated rings. The van der Waals surface area contributed by atoms with Gasteiger partial charge in [-0.3, -0.25) is 0 Å². The molecule has 3 aliphatic rings. The van der Waals surface area contributed by atoms with Gasteiger partial charge >= 0.3 is 6.09 Å². The molecule has 1 saturated heterocycles. The molecule has 0 N–H and O–H groups in total. The highest BCUT2D eigenvalue weighted by Crippen LogP contribution is 2.34. The molecule has 1 aliphatic carbocycles. The summed E-state index contributed by atoms with van der Waals surface area (Å²) in [6.45, 7) is 8.25. The van der Waals surface area contributed by atoms with Gasteiger partial charge in [0.1, 0.15) is 0 Å². The van der Waals surface area contributed by atoms with E-state index in [1.807, 2.05) is 16.2 Å². The maximum atomic E-state index is 12.2. The fraction of sp³-hybridized carbons (Fsp3) is 0.600. The molecule has 5 nitrogen and oxygen atoms in total. The Morgan fingerprint density at radius 3 is 2.88 bits per heavy atom. The minimum atomic E-state index is -0.170. The van der Waals surface area contributed by atoms with Gasteiger partial charge in [-0.05, 0) is 24.5 Å². The van der Waals surface area contributed by atoms with Crippen LogP contribution in [0.4, 0.5) is 4.79 Å². The molecule has 6 heteroatoms. The number of likely N-dealkylation sites (tertiary alicyclic amines) is 1. The van der Waals surface area contributed by atoms with E-state index in [-0.39, 0.29) is 6.09 Å². The van der Waals surface area contributed by atoms with Gasteiger partial charge in [0, 0.05) is 55.5 Å². The Bertz CT molecular complexity index is 712. The number of aromatic nitrogens is 1. The van der Waals surface area contributed by atoms with Crippen molar-refractivity contribution in [3.63, 3.8) is 0 Å². The first-order valence-corrected chi connectivity index (χ1v) is 10.5. The second-order valence-corrected chi connectivity index (χ2v) is 8.88. The van der Waals surface area contributed by atoms with Gasteiger partial charge < -0.3 is 14.5 Å². The number of amides is 1. The molecule has 0 saturated carbocycles. The number of rotatable bonds is 4. The molecule has 4 rings (SSSR count). The average molecular weight is 374 g/mol. The van der Waals surface area contributed by atoms with Gasteiger partial charge in [-0.1, -0.05) is 19.9 Å². The molecule has 140 valence electrons. The zero-order chi connectivity index (χ0) is 18.1. The maximum absolute atomic E-state index is 12.2. The first kappa shape index (κ1) is 17.6. The van der Waals surface area contributed by atoms with E-state index in [1.165, 1.54) is 21.3 Å². The molecule has 0 aromatic carbocycles. The Labute approximate surface area is 159 Å². The summed E-state index contributed by atoms with van der Waals surface area (Å²) in [7, 11) is 0. The third kappa shape index (κ3) is 3.65. The molecular formula is C20H27N3O2S. The normalized spacial score (nSPS) is 22.1. The van der Waals surface area contributed by atoms with E-state index in [0.717, 1.165) is 45.4 Å². The summed E-state index contributed by atoms with van der Waals surface area (Å²) in [5, 5.41) is 1.21. The third-order valence-electron chi connectivity index (χ3n) is 5.26. The van der Waals surface area contributed by atoms with Crippen LogP contribution in [0.1, 0.15) is 41.8 Å². The van der Waals surface area contributed by atoms with Crippen molar-refractivity contribution in [1.29, 1.82) is 0 Å². The van der Waals surface area contributed by atoms with Crippen LogP contribution >= 0.6 is 11.3 Å². The van der Waals surface area contributed by atoms with Gasteiger partial charge in [0.15, 0.2) is 0 Å². The summed E-state index contributed by atoms with van der Waals surface area (Å²) in [5.74, 6) is 0.740. The molecular weight excluding hydrogens is 346 g/mol. The Kier molecular flexibility index (Phi) is 5.02. The number of allylic oxidation sites excluding steroid dienone is 3. The molecule has 2 aliphatic heterocycles. The van der Waals surface area contributed by atoms with Crippen molar-refractivity contribution in [2.45, 2.75) is 39.0 Å². The largest absolute Gasteiger partial charge is 0.449 e. The number of carbonyl (C=O) groups excluding carboxylic acids is 1. The molecule has 0 radical (unpaired) electrons. The minimum Gasteiger partial charge on any atom is -0.449 e. The predicted octanol–water partition coefficient (Wildman–Crippen LogP) is 3.58. The van der Waals surface area contributed by atoms with Crippen molar-refractivity contribution in [3.05, 3.63) is 39.5 Å². The second kappa shape index (κ2) is 7.43.